The van der Waals surface area contributed by atoms with Crippen LogP contribution in [0.25, 0.3) is 11.3 Å². The maximum Gasteiger partial charge on any atom is 0.272 e. The summed E-state index contributed by atoms with van der Waals surface area (Å²) in [7, 11) is 3.28. The van der Waals surface area contributed by atoms with Gasteiger partial charge in [-0.3, -0.25) is 9.48 Å². The number of carbonyl (C=O) groups excluding carboxylic acids is 1. The van der Waals surface area contributed by atoms with Gasteiger partial charge in [-0.2, -0.15) is 5.10 Å². The van der Waals surface area contributed by atoms with Crippen LogP contribution in [0.2, 0.25) is 0 Å². The molecule has 8 nitrogen and oxygen atoms in total. The number of alkyl halides is 2. The molecule has 1 atom stereocenters. The van der Waals surface area contributed by atoms with Gasteiger partial charge < -0.3 is 14.4 Å². The Labute approximate surface area is 191 Å². The molecule has 0 aromatic carbocycles. The molecule has 0 unspecified atom stereocenters. The molecule has 0 spiro atoms. The number of rotatable bonds is 9. The lowest BCUT2D eigenvalue weighted by Crippen LogP contribution is -2.42. The zero-order valence-electron chi connectivity index (χ0n) is 19.2. The second-order valence-corrected chi connectivity index (χ2v) is 7.67. The average molecular weight is 459 g/mol. The molecule has 0 radical (unpaired) electrons. The maximum absolute atomic E-state index is 13.5. The molecule has 1 amide bonds. The van der Waals surface area contributed by atoms with Gasteiger partial charge in [-0.05, 0) is 26.0 Å². The van der Waals surface area contributed by atoms with E-state index >= 15 is 0 Å². The number of ether oxygens (including phenoxy) is 2. The van der Waals surface area contributed by atoms with Crippen molar-refractivity contribution in [1.82, 2.24) is 24.6 Å². The lowest BCUT2D eigenvalue weighted by Gasteiger charge is -2.28. The first kappa shape index (κ1) is 24.1. The molecule has 3 heterocycles. The molecule has 0 N–H and O–H groups in total. The minimum Gasteiger partial charge on any atom is -0.481 e. The Balaban J connectivity index is 1.79. The monoisotopic (exact) mass is 459 g/mol. The molecule has 0 bridgehead atoms. The molecule has 0 fully saturated rings. The van der Waals surface area contributed by atoms with Crippen LogP contribution in [-0.4, -0.2) is 56.9 Å². The quantitative estimate of drug-likeness (QED) is 0.482. The summed E-state index contributed by atoms with van der Waals surface area (Å²) in [5.41, 5.74) is 1.42. The van der Waals surface area contributed by atoms with Crippen molar-refractivity contribution in [2.75, 3.05) is 20.3 Å². The highest BCUT2D eigenvalue weighted by Crippen LogP contribution is 2.28. The Morgan fingerprint density at radius 2 is 1.94 bits per heavy atom. The Kier molecular flexibility index (Phi) is 7.25. The van der Waals surface area contributed by atoms with Crippen molar-refractivity contribution in [3.05, 3.63) is 54.0 Å². The predicted molar refractivity (Wildman–Crippen MR) is 118 cm³/mol. The number of hydrogen-bond donors (Lipinski definition) is 0. The van der Waals surface area contributed by atoms with Crippen LogP contribution in [0.4, 0.5) is 8.78 Å². The van der Waals surface area contributed by atoms with Gasteiger partial charge in [-0.15, -0.1) is 0 Å². The Hall–Kier alpha value is -3.56. The van der Waals surface area contributed by atoms with Crippen LogP contribution in [-0.2, 0) is 13.0 Å². The summed E-state index contributed by atoms with van der Waals surface area (Å²) in [6, 6.07) is 5.74. The van der Waals surface area contributed by atoms with Crippen molar-refractivity contribution in [2.45, 2.75) is 32.7 Å². The molecule has 3 aromatic heterocycles. The topological polar surface area (TPSA) is 82.4 Å². The van der Waals surface area contributed by atoms with Crippen LogP contribution in [0.1, 0.15) is 36.7 Å². The van der Waals surface area contributed by atoms with E-state index in [4.69, 9.17) is 9.47 Å². The van der Waals surface area contributed by atoms with Crippen molar-refractivity contribution in [1.29, 1.82) is 0 Å². The first-order chi connectivity index (χ1) is 15.6. The summed E-state index contributed by atoms with van der Waals surface area (Å²) in [6.45, 7) is 5.07. The standard InChI is InChI=1S/C23H27F2N5O3/c1-6-30(15(2)14-33-20-8-7-16(12-26-20)23(3,24)25)22(31)17-11-21(32-5)27-13-18(17)19-9-10-29(4)28-19/h7-13,15H,6,14H2,1-5H3/t15-/m0/s1. The zero-order chi connectivity index (χ0) is 24.2. The van der Waals surface area contributed by atoms with Gasteiger partial charge in [0.1, 0.15) is 6.61 Å². The van der Waals surface area contributed by atoms with Gasteiger partial charge in [0.2, 0.25) is 11.8 Å². The van der Waals surface area contributed by atoms with Crippen LogP contribution in [0.3, 0.4) is 0 Å². The predicted octanol–water partition coefficient (Wildman–Crippen LogP) is 3.93. The van der Waals surface area contributed by atoms with Gasteiger partial charge in [0, 0.05) is 62.4 Å². The first-order valence-corrected chi connectivity index (χ1v) is 10.5. The third-order valence-electron chi connectivity index (χ3n) is 5.16. The molecule has 3 rings (SSSR count). The van der Waals surface area contributed by atoms with E-state index in [0.29, 0.717) is 29.2 Å². The van der Waals surface area contributed by atoms with E-state index in [-0.39, 0.29) is 30.0 Å². The molecule has 176 valence electrons. The summed E-state index contributed by atoms with van der Waals surface area (Å²) in [6.07, 6.45) is 4.44. The number of pyridine rings is 2. The van der Waals surface area contributed by atoms with Crippen molar-refractivity contribution >= 4 is 5.91 Å². The average Bonchev–Trinajstić information content (AvgIpc) is 3.23. The van der Waals surface area contributed by atoms with E-state index in [1.54, 1.807) is 41.2 Å². The normalized spacial score (nSPS) is 12.3. The number of amides is 1. The van der Waals surface area contributed by atoms with Crippen LogP contribution in [0.15, 0.2) is 42.9 Å². The van der Waals surface area contributed by atoms with Crippen LogP contribution in [0, 0.1) is 0 Å². The summed E-state index contributed by atoms with van der Waals surface area (Å²) < 4.78 is 39.3. The van der Waals surface area contributed by atoms with E-state index < -0.39 is 5.92 Å². The van der Waals surface area contributed by atoms with Gasteiger partial charge in [0.25, 0.3) is 11.8 Å². The lowest BCUT2D eigenvalue weighted by atomic mass is 10.1. The van der Waals surface area contributed by atoms with Crippen molar-refractivity contribution in [3.8, 4) is 23.0 Å². The number of aromatic nitrogens is 4. The Bertz CT molecular complexity index is 1100. The Morgan fingerprint density at radius 3 is 2.48 bits per heavy atom. The van der Waals surface area contributed by atoms with Crippen molar-refractivity contribution < 1.29 is 23.0 Å². The van der Waals surface area contributed by atoms with Gasteiger partial charge >= 0.3 is 0 Å². The largest absolute Gasteiger partial charge is 0.481 e. The molecular weight excluding hydrogens is 432 g/mol. The number of likely N-dealkylation sites (N-methyl/N-ethyl adjacent to an activating group) is 1. The highest BCUT2D eigenvalue weighted by molar-refractivity contribution is 6.00. The third-order valence-corrected chi connectivity index (χ3v) is 5.16. The minimum atomic E-state index is -2.97. The summed E-state index contributed by atoms with van der Waals surface area (Å²) >= 11 is 0. The molecule has 0 saturated carbocycles. The van der Waals surface area contributed by atoms with E-state index in [2.05, 4.69) is 15.1 Å². The van der Waals surface area contributed by atoms with E-state index in [1.165, 1.54) is 19.2 Å². The number of carbonyl (C=O) groups is 1. The number of nitrogens with zero attached hydrogens (tertiary/aromatic N) is 5. The molecular formula is C23H27F2N5O3. The molecule has 0 aliphatic heterocycles. The SMILES string of the molecule is CCN(C(=O)c1cc(OC)ncc1-c1ccn(C)n1)[C@@H](C)COc1ccc(C(C)(F)F)cn1. The zero-order valence-corrected chi connectivity index (χ0v) is 19.2. The minimum absolute atomic E-state index is 0.135. The molecule has 0 aliphatic carbocycles. The number of aryl methyl sites for hydroxylation is 1. The van der Waals surface area contributed by atoms with E-state index in [1.807, 2.05) is 13.8 Å². The first-order valence-electron chi connectivity index (χ1n) is 10.5. The highest BCUT2D eigenvalue weighted by atomic mass is 19.3. The summed E-state index contributed by atoms with van der Waals surface area (Å²) in [5, 5.41) is 4.39. The van der Waals surface area contributed by atoms with Crippen LogP contribution in [0.5, 0.6) is 11.8 Å². The Morgan fingerprint density at radius 1 is 1.21 bits per heavy atom. The third kappa shape index (κ3) is 5.63. The van der Waals surface area contributed by atoms with Crippen LogP contribution < -0.4 is 9.47 Å². The van der Waals surface area contributed by atoms with Crippen LogP contribution >= 0.6 is 0 Å². The van der Waals surface area contributed by atoms with Gasteiger partial charge in [0.15, 0.2) is 0 Å². The number of methoxy groups -OCH3 is 1. The number of halogens is 2. The molecule has 33 heavy (non-hydrogen) atoms. The maximum atomic E-state index is 13.5. The fourth-order valence-corrected chi connectivity index (χ4v) is 3.32. The summed E-state index contributed by atoms with van der Waals surface area (Å²) in [4.78, 5) is 23.3. The van der Waals surface area contributed by atoms with Gasteiger partial charge in [-0.1, -0.05) is 0 Å². The molecule has 0 aliphatic rings. The van der Waals surface area contributed by atoms with E-state index in [0.717, 1.165) is 13.1 Å². The molecule has 10 heteroatoms. The highest BCUT2D eigenvalue weighted by Gasteiger charge is 2.26. The smallest absolute Gasteiger partial charge is 0.272 e. The molecule has 3 aromatic rings. The fourth-order valence-electron chi connectivity index (χ4n) is 3.32. The second-order valence-electron chi connectivity index (χ2n) is 7.67. The van der Waals surface area contributed by atoms with E-state index in [9.17, 15) is 13.6 Å². The fraction of sp³-hybridized carbons (Fsp3) is 0.391. The summed E-state index contributed by atoms with van der Waals surface area (Å²) in [5.74, 6) is -2.68. The van der Waals surface area contributed by atoms with Gasteiger partial charge in [-0.25, -0.2) is 18.7 Å². The van der Waals surface area contributed by atoms with Gasteiger partial charge in [0.05, 0.1) is 24.4 Å². The van der Waals surface area contributed by atoms with Crippen molar-refractivity contribution in [3.63, 3.8) is 0 Å². The number of hydrogen-bond acceptors (Lipinski definition) is 6. The lowest BCUT2D eigenvalue weighted by molar-refractivity contribution is 0.0169. The van der Waals surface area contributed by atoms with Crippen molar-refractivity contribution in [2.24, 2.45) is 7.05 Å². The molecule has 0 saturated heterocycles. The second kappa shape index (κ2) is 9.93.